The molecule has 0 bridgehead atoms. The van der Waals surface area contributed by atoms with Crippen molar-refractivity contribution < 1.29 is 9.84 Å². The molecule has 0 fully saturated rings. The number of aliphatic hydroxyl groups is 1. The van der Waals surface area contributed by atoms with Crippen molar-refractivity contribution in [3.63, 3.8) is 0 Å². The van der Waals surface area contributed by atoms with Gasteiger partial charge < -0.3 is 14.4 Å². The molecular formula is C17H17NO3. The molecule has 0 unspecified atom stereocenters. The minimum absolute atomic E-state index is 0.0443. The van der Waals surface area contributed by atoms with Gasteiger partial charge in [0.15, 0.2) is 0 Å². The Labute approximate surface area is 123 Å². The molecule has 1 heterocycles. The molecule has 2 aromatic rings. The van der Waals surface area contributed by atoms with E-state index in [4.69, 9.17) is 9.84 Å². The minimum atomic E-state index is -0.0443. The topological polar surface area (TPSA) is 51.5 Å². The van der Waals surface area contributed by atoms with Gasteiger partial charge in [-0.1, -0.05) is 30.0 Å². The van der Waals surface area contributed by atoms with Gasteiger partial charge in [-0.2, -0.15) is 0 Å². The van der Waals surface area contributed by atoms with Crippen LogP contribution in [-0.2, 0) is 6.54 Å². The van der Waals surface area contributed by atoms with E-state index in [9.17, 15) is 4.79 Å². The van der Waals surface area contributed by atoms with E-state index in [1.165, 1.54) is 6.07 Å². The van der Waals surface area contributed by atoms with Crippen LogP contribution in [0.15, 0.2) is 53.5 Å². The molecular weight excluding hydrogens is 266 g/mol. The summed E-state index contributed by atoms with van der Waals surface area (Å²) in [5, 5.41) is 8.74. The van der Waals surface area contributed by atoms with Gasteiger partial charge in [-0.15, -0.1) is 0 Å². The van der Waals surface area contributed by atoms with E-state index in [0.29, 0.717) is 25.3 Å². The number of aromatic nitrogens is 1. The maximum atomic E-state index is 11.6. The predicted molar refractivity (Wildman–Crippen MR) is 81.2 cm³/mol. The zero-order chi connectivity index (χ0) is 14.9. The van der Waals surface area contributed by atoms with E-state index in [-0.39, 0.29) is 12.2 Å². The summed E-state index contributed by atoms with van der Waals surface area (Å²) in [6.07, 6.45) is 2.17. The highest BCUT2D eigenvalue weighted by Crippen LogP contribution is 2.16. The molecule has 0 aliphatic rings. The second-order valence-electron chi connectivity index (χ2n) is 4.35. The third kappa shape index (κ3) is 4.51. The van der Waals surface area contributed by atoms with Gasteiger partial charge in [0, 0.05) is 18.7 Å². The monoisotopic (exact) mass is 283 g/mol. The largest absolute Gasteiger partial charge is 0.490 e. The number of para-hydroxylation sites is 1. The van der Waals surface area contributed by atoms with Crippen molar-refractivity contribution >= 4 is 0 Å². The molecule has 2 rings (SSSR count). The Morgan fingerprint density at radius 2 is 1.95 bits per heavy atom. The van der Waals surface area contributed by atoms with E-state index < -0.39 is 0 Å². The van der Waals surface area contributed by atoms with Crippen molar-refractivity contribution in [1.29, 1.82) is 0 Å². The van der Waals surface area contributed by atoms with Crippen LogP contribution in [0.2, 0.25) is 0 Å². The quantitative estimate of drug-likeness (QED) is 0.849. The summed E-state index contributed by atoms with van der Waals surface area (Å²) >= 11 is 0. The number of rotatable bonds is 5. The molecule has 0 radical (unpaired) electrons. The van der Waals surface area contributed by atoms with Crippen LogP contribution in [0.25, 0.3) is 0 Å². The van der Waals surface area contributed by atoms with Gasteiger partial charge in [-0.3, -0.25) is 4.79 Å². The number of hydrogen-bond donors (Lipinski definition) is 1. The average Bonchev–Trinajstić information content (AvgIpc) is 2.51. The molecule has 0 spiro atoms. The lowest BCUT2D eigenvalue weighted by Gasteiger charge is -2.09. The van der Waals surface area contributed by atoms with Crippen molar-refractivity contribution in [3.8, 4) is 17.6 Å². The Morgan fingerprint density at radius 1 is 1.14 bits per heavy atom. The van der Waals surface area contributed by atoms with Gasteiger partial charge in [0.05, 0.1) is 18.7 Å². The Bertz CT molecular complexity index is 695. The molecule has 1 N–H and O–H groups in total. The summed E-state index contributed by atoms with van der Waals surface area (Å²) in [7, 11) is 0. The number of benzene rings is 1. The Balaban J connectivity index is 1.99. The van der Waals surface area contributed by atoms with Crippen molar-refractivity contribution in [2.45, 2.75) is 13.0 Å². The van der Waals surface area contributed by atoms with Gasteiger partial charge in [0.25, 0.3) is 5.56 Å². The molecule has 1 aromatic heterocycles. The Morgan fingerprint density at radius 3 is 2.76 bits per heavy atom. The standard InChI is InChI=1S/C17H17NO3/c19-13-6-4-8-15-7-1-2-9-16(15)21-14-12-18-11-5-3-10-17(18)20/h1-3,5,7,9-11,19H,6,12-14H2. The maximum absolute atomic E-state index is 11.6. The van der Waals surface area contributed by atoms with E-state index >= 15 is 0 Å². The normalized spacial score (nSPS) is 9.76. The zero-order valence-corrected chi connectivity index (χ0v) is 11.7. The predicted octanol–water partition coefficient (Wildman–Crippen LogP) is 1.66. The lowest BCUT2D eigenvalue weighted by atomic mass is 10.2. The lowest BCUT2D eigenvalue weighted by Crippen LogP contribution is -2.21. The Hall–Kier alpha value is -2.51. The molecule has 108 valence electrons. The van der Waals surface area contributed by atoms with E-state index in [1.807, 2.05) is 30.3 Å². The Kier molecular flexibility index (Phi) is 5.62. The lowest BCUT2D eigenvalue weighted by molar-refractivity contribution is 0.295. The molecule has 1 aromatic carbocycles. The SMILES string of the molecule is O=c1ccccn1CCOc1ccccc1C#CCCO. The van der Waals surface area contributed by atoms with Crippen molar-refractivity contribution in [2.24, 2.45) is 0 Å². The molecule has 0 saturated heterocycles. The summed E-state index contributed by atoms with van der Waals surface area (Å²) in [6.45, 7) is 0.924. The third-order valence-corrected chi connectivity index (χ3v) is 2.84. The minimum Gasteiger partial charge on any atom is -0.490 e. The van der Waals surface area contributed by atoms with Gasteiger partial charge in [0.1, 0.15) is 12.4 Å². The molecule has 0 aliphatic carbocycles. The van der Waals surface area contributed by atoms with Crippen LogP contribution in [0.4, 0.5) is 0 Å². The highest BCUT2D eigenvalue weighted by molar-refractivity contribution is 5.45. The molecule has 0 atom stereocenters. The summed E-state index contributed by atoms with van der Waals surface area (Å²) in [5.41, 5.74) is 0.739. The molecule has 0 amide bonds. The molecule has 21 heavy (non-hydrogen) atoms. The van der Waals surface area contributed by atoms with Gasteiger partial charge in [-0.25, -0.2) is 0 Å². The fourth-order valence-corrected chi connectivity index (χ4v) is 1.81. The van der Waals surface area contributed by atoms with E-state index in [1.54, 1.807) is 16.8 Å². The fraction of sp³-hybridized carbons (Fsp3) is 0.235. The summed E-state index contributed by atoms with van der Waals surface area (Å²) in [6, 6.07) is 12.5. The maximum Gasteiger partial charge on any atom is 0.250 e. The van der Waals surface area contributed by atoms with Crippen LogP contribution >= 0.6 is 0 Å². The first kappa shape index (κ1) is 14.9. The van der Waals surface area contributed by atoms with Crippen LogP contribution in [0.1, 0.15) is 12.0 Å². The van der Waals surface area contributed by atoms with Crippen molar-refractivity contribution in [2.75, 3.05) is 13.2 Å². The number of hydrogen-bond acceptors (Lipinski definition) is 3. The smallest absolute Gasteiger partial charge is 0.250 e. The van der Waals surface area contributed by atoms with Crippen molar-refractivity contribution in [1.82, 2.24) is 4.57 Å². The second kappa shape index (κ2) is 7.93. The molecule has 0 saturated carbocycles. The second-order valence-corrected chi connectivity index (χ2v) is 4.35. The average molecular weight is 283 g/mol. The number of pyridine rings is 1. The van der Waals surface area contributed by atoms with Gasteiger partial charge in [0.2, 0.25) is 0 Å². The van der Waals surface area contributed by atoms with Crippen LogP contribution < -0.4 is 10.3 Å². The summed E-state index contributed by atoms with van der Waals surface area (Å²) in [5.74, 6) is 6.53. The van der Waals surface area contributed by atoms with Crippen LogP contribution in [0.3, 0.4) is 0 Å². The number of nitrogens with zero attached hydrogens (tertiary/aromatic N) is 1. The summed E-state index contributed by atoms with van der Waals surface area (Å²) in [4.78, 5) is 11.6. The van der Waals surface area contributed by atoms with Crippen LogP contribution in [0, 0.1) is 11.8 Å². The molecule has 4 nitrogen and oxygen atoms in total. The van der Waals surface area contributed by atoms with Crippen LogP contribution in [-0.4, -0.2) is 22.9 Å². The molecule has 0 aliphatic heterocycles. The number of aliphatic hydroxyl groups excluding tert-OH is 1. The van der Waals surface area contributed by atoms with Crippen LogP contribution in [0.5, 0.6) is 5.75 Å². The van der Waals surface area contributed by atoms with Gasteiger partial charge in [-0.05, 0) is 18.2 Å². The first-order valence-corrected chi connectivity index (χ1v) is 6.78. The third-order valence-electron chi connectivity index (χ3n) is 2.84. The zero-order valence-electron chi connectivity index (χ0n) is 11.7. The van der Waals surface area contributed by atoms with Gasteiger partial charge >= 0.3 is 0 Å². The highest BCUT2D eigenvalue weighted by atomic mass is 16.5. The van der Waals surface area contributed by atoms with E-state index in [2.05, 4.69) is 11.8 Å². The van der Waals surface area contributed by atoms with Crippen molar-refractivity contribution in [3.05, 3.63) is 64.6 Å². The first-order valence-electron chi connectivity index (χ1n) is 6.78. The first-order chi connectivity index (χ1) is 10.3. The number of ether oxygens (including phenoxy) is 1. The fourth-order valence-electron chi connectivity index (χ4n) is 1.81. The summed E-state index contributed by atoms with van der Waals surface area (Å²) < 4.78 is 7.30. The van der Waals surface area contributed by atoms with E-state index in [0.717, 1.165) is 5.56 Å². The highest BCUT2D eigenvalue weighted by Gasteiger charge is 2.00. The molecule has 4 heteroatoms.